The van der Waals surface area contributed by atoms with E-state index in [1.165, 1.54) is 11.3 Å². The molecule has 1 rings (SSSR count). The van der Waals surface area contributed by atoms with E-state index in [1.54, 1.807) is 0 Å². The molecule has 0 spiro atoms. The van der Waals surface area contributed by atoms with Gasteiger partial charge in [-0.05, 0) is 20.0 Å². The summed E-state index contributed by atoms with van der Waals surface area (Å²) < 4.78 is 0. The van der Waals surface area contributed by atoms with Gasteiger partial charge < -0.3 is 10.0 Å². The average Bonchev–Trinajstić information content (AvgIpc) is 2.73. The molecule has 1 N–H and O–H groups in total. The van der Waals surface area contributed by atoms with E-state index >= 15 is 0 Å². The van der Waals surface area contributed by atoms with Gasteiger partial charge in [0.05, 0.1) is 5.69 Å². The minimum Gasteiger partial charge on any atom is -0.476 e. The van der Waals surface area contributed by atoms with Crippen LogP contribution < -0.4 is 0 Å². The third kappa shape index (κ3) is 6.13. The van der Waals surface area contributed by atoms with Crippen LogP contribution in [-0.2, 0) is 6.54 Å². The first-order valence-corrected chi connectivity index (χ1v) is 7.31. The summed E-state index contributed by atoms with van der Waals surface area (Å²) in [6, 6.07) is 0. The molecule has 0 radical (unpaired) electrons. The van der Waals surface area contributed by atoms with E-state index in [0.29, 0.717) is 5.92 Å². The number of nitrogens with zero attached hydrogens (tertiary/aromatic N) is 3. The van der Waals surface area contributed by atoms with Crippen LogP contribution in [0.15, 0.2) is 5.38 Å². The van der Waals surface area contributed by atoms with E-state index in [4.69, 9.17) is 5.11 Å². The molecule has 0 amide bonds. The number of thiazole rings is 1. The molecular weight excluding hydrogens is 262 g/mol. The van der Waals surface area contributed by atoms with Crippen LogP contribution in [0.25, 0.3) is 0 Å². The van der Waals surface area contributed by atoms with E-state index in [9.17, 15) is 4.79 Å². The van der Waals surface area contributed by atoms with Crippen molar-refractivity contribution in [2.75, 3.05) is 33.7 Å². The maximum atomic E-state index is 10.8. The molecule has 0 fully saturated rings. The van der Waals surface area contributed by atoms with Crippen molar-refractivity contribution in [3.63, 3.8) is 0 Å². The number of carboxylic acid groups (broad SMARTS) is 1. The molecule has 5 nitrogen and oxygen atoms in total. The lowest BCUT2D eigenvalue weighted by Gasteiger charge is -2.25. The average molecular weight is 285 g/mol. The molecule has 19 heavy (non-hydrogen) atoms. The van der Waals surface area contributed by atoms with Crippen molar-refractivity contribution in [3.05, 3.63) is 16.1 Å². The quantitative estimate of drug-likeness (QED) is 0.790. The molecule has 0 saturated heterocycles. The van der Waals surface area contributed by atoms with Crippen molar-refractivity contribution in [2.45, 2.75) is 20.4 Å². The third-order valence-electron chi connectivity index (χ3n) is 2.61. The van der Waals surface area contributed by atoms with Crippen molar-refractivity contribution in [2.24, 2.45) is 5.92 Å². The molecule has 0 aliphatic heterocycles. The molecule has 0 bridgehead atoms. The Labute approximate surface area is 118 Å². The Hall–Kier alpha value is -0.980. The van der Waals surface area contributed by atoms with Crippen LogP contribution in [0.5, 0.6) is 0 Å². The van der Waals surface area contributed by atoms with Gasteiger partial charge in [-0.15, -0.1) is 11.3 Å². The van der Waals surface area contributed by atoms with Crippen LogP contribution in [-0.4, -0.2) is 59.6 Å². The summed E-state index contributed by atoms with van der Waals surface area (Å²) in [6.45, 7) is 8.04. The van der Waals surface area contributed by atoms with E-state index in [0.717, 1.165) is 31.9 Å². The van der Waals surface area contributed by atoms with Crippen LogP contribution >= 0.6 is 11.3 Å². The van der Waals surface area contributed by atoms with Crippen LogP contribution in [0, 0.1) is 5.92 Å². The molecule has 108 valence electrons. The zero-order chi connectivity index (χ0) is 14.4. The van der Waals surface area contributed by atoms with Gasteiger partial charge in [-0.25, -0.2) is 9.78 Å². The highest BCUT2D eigenvalue weighted by atomic mass is 32.1. The SMILES string of the molecule is CC(C)CN(CCN(C)C)Cc1csc(C(=O)O)n1. The molecule has 6 heteroatoms. The first kappa shape index (κ1) is 16.1. The van der Waals surface area contributed by atoms with Gasteiger partial charge >= 0.3 is 5.97 Å². The maximum absolute atomic E-state index is 10.8. The van der Waals surface area contributed by atoms with Crippen molar-refractivity contribution >= 4 is 17.3 Å². The van der Waals surface area contributed by atoms with Crippen LogP contribution in [0.1, 0.15) is 29.3 Å². The van der Waals surface area contributed by atoms with Crippen molar-refractivity contribution in [1.82, 2.24) is 14.8 Å². The topological polar surface area (TPSA) is 56.7 Å². The second-order valence-electron chi connectivity index (χ2n) is 5.38. The largest absolute Gasteiger partial charge is 0.476 e. The predicted octanol–water partition coefficient (Wildman–Crippen LogP) is 1.86. The molecule has 0 saturated carbocycles. The fourth-order valence-electron chi connectivity index (χ4n) is 1.80. The van der Waals surface area contributed by atoms with Crippen molar-refractivity contribution < 1.29 is 9.90 Å². The second kappa shape index (κ2) is 7.57. The van der Waals surface area contributed by atoms with Crippen LogP contribution in [0.4, 0.5) is 0 Å². The lowest BCUT2D eigenvalue weighted by atomic mass is 10.2. The van der Waals surface area contributed by atoms with Gasteiger partial charge in [-0.2, -0.15) is 0 Å². The number of hydrogen-bond donors (Lipinski definition) is 1. The van der Waals surface area contributed by atoms with Gasteiger partial charge in [0.25, 0.3) is 0 Å². The lowest BCUT2D eigenvalue weighted by molar-refractivity contribution is 0.0696. The molecule has 0 atom stereocenters. The summed E-state index contributed by atoms with van der Waals surface area (Å²) in [5.41, 5.74) is 0.849. The van der Waals surface area contributed by atoms with E-state index in [2.05, 4.69) is 42.7 Å². The monoisotopic (exact) mass is 285 g/mol. The Balaban J connectivity index is 2.61. The Kier molecular flexibility index (Phi) is 6.41. The molecule has 0 aliphatic rings. The van der Waals surface area contributed by atoms with E-state index in [1.807, 2.05) is 5.38 Å². The first-order chi connectivity index (χ1) is 8.88. The fraction of sp³-hybridized carbons (Fsp3) is 0.692. The van der Waals surface area contributed by atoms with Gasteiger partial charge in [-0.3, -0.25) is 4.90 Å². The third-order valence-corrected chi connectivity index (χ3v) is 3.49. The number of aromatic carboxylic acids is 1. The normalized spacial score (nSPS) is 11.7. The van der Waals surface area contributed by atoms with Crippen molar-refractivity contribution in [3.8, 4) is 0 Å². The molecular formula is C13H23N3O2S. The van der Waals surface area contributed by atoms with E-state index < -0.39 is 5.97 Å². The smallest absolute Gasteiger partial charge is 0.365 e. The highest BCUT2D eigenvalue weighted by Gasteiger charge is 2.13. The second-order valence-corrected chi connectivity index (χ2v) is 6.24. The van der Waals surface area contributed by atoms with Crippen LogP contribution in [0.3, 0.4) is 0 Å². The number of carbonyl (C=O) groups is 1. The summed E-state index contributed by atoms with van der Waals surface area (Å²) in [5.74, 6) is -0.361. The zero-order valence-electron chi connectivity index (χ0n) is 12.1. The van der Waals surface area contributed by atoms with E-state index in [-0.39, 0.29) is 5.01 Å². The first-order valence-electron chi connectivity index (χ1n) is 6.43. The Bertz CT molecular complexity index is 404. The molecule has 0 aromatic carbocycles. The lowest BCUT2D eigenvalue weighted by Crippen LogP contribution is -2.34. The molecule has 1 aromatic rings. The number of aromatic nitrogens is 1. The molecule has 1 aromatic heterocycles. The highest BCUT2D eigenvalue weighted by Crippen LogP contribution is 2.12. The summed E-state index contributed by atoms with van der Waals surface area (Å²) >= 11 is 1.20. The summed E-state index contributed by atoms with van der Waals surface area (Å²) in [4.78, 5) is 19.4. The summed E-state index contributed by atoms with van der Waals surface area (Å²) in [7, 11) is 4.11. The van der Waals surface area contributed by atoms with Crippen molar-refractivity contribution in [1.29, 1.82) is 0 Å². The summed E-state index contributed by atoms with van der Waals surface area (Å²) in [5, 5.41) is 10.9. The van der Waals surface area contributed by atoms with Gasteiger partial charge in [0.1, 0.15) is 0 Å². The molecule has 0 unspecified atom stereocenters. The standard InChI is InChI=1S/C13H23N3O2S/c1-10(2)7-16(6-5-15(3)4)8-11-9-19-12(14-11)13(17)18/h9-10H,5-8H2,1-4H3,(H,17,18). The highest BCUT2D eigenvalue weighted by molar-refractivity contribution is 7.11. The summed E-state index contributed by atoms with van der Waals surface area (Å²) in [6.07, 6.45) is 0. The minimum atomic E-state index is -0.944. The number of hydrogen-bond acceptors (Lipinski definition) is 5. The van der Waals surface area contributed by atoms with Gasteiger partial charge in [0, 0.05) is 31.6 Å². The Morgan fingerprint density at radius 2 is 2.11 bits per heavy atom. The predicted molar refractivity (Wildman–Crippen MR) is 77.7 cm³/mol. The fourth-order valence-corrected chi connectivity index (χ4v) is 2.45. The number of carboxylic acids is 1. The van der Waals surface area contributed by atoms with Gasteiger partial charge in [0.2, 0.25) is 5.01 Å². The van der Waals surface area contributed by atoms with Gasteiger partial charge in [-0.1, -0.05) is 13.8 Å². The molecule has 1 heterocycles. The Morgan fingerprint density at radius 1 is 1.42 bits per heavy atom. The zero-order valence-corrected chi connectivity index (χ0v) is 12.9. The van der Waals surface area contributed by atoms with Gasteiger partial charge in [0.15, 0.2) is 0 Å². The maximum Gasteiger partial charge on any atom is 0.365 e. The number of likely N-dealkylation sites (N-methyl/N-ethyl adjacent to an activating group) is 1. The number of rotatable bonds is 8. The molecule has 0 aliphatic carbocycles. The van der Waals surface area contributed by atoms with Crippen LogP contribution in [0.2, 0.25) is 0 Å². The Morgan fingerprint density at radius 3 is 2.58 bits per heavy atom. The minimum absolute atomic E-state index is 0.173.